The van der Waals surface area contributed by atoms with E-state index >= 15 is 0 Å². The van der Waals surface area contributed by atoms with Crippen LogP contribution in [0.1, 0.15) is 67.6 Å². The highest BCUT2D eigenvalue weighted by Crippen LogP contribution is 2.47. The van der Waals surface area contributed by atoms with Crippen molar-refractivity contribution in [3.63, 3.8) is 0 Å². The second-order valence-corrected chi connectivity index (χ2v) is 10.9. The molecule has 0 aromatic heterocycles. The number of hydrogen-bond donors (Lipinski definition) is 3. The van der Waals surface area contributed by atoms with E-state index in [4.69, 9.17) is 4.74 Å². The second kappa shape index (κ2) is 12.1. The molecule has 2 unspecified atom stereocenters. The lowest BCUT2D eigenvalue weighted by atomic mass is 9.83. The van der Waals surface area contributed by atoms with E-state index in [1.807, 2.05) is 54.6 Å². The number of benzene rings is 2. The number of nitrogens with zero attached hydrogens (tertiary/aromatic N) is 2. The standard InChI is InChI=1S/C31H37N3O5/c35-26-21-39-29(25-10-2-1-3-11-25)33-34(26)20-22-12-14-24(15-13-22)27(23-8-4-5-9-23)28(36)32-19-7-6-16-31(17-18-31)30(37)38/h1-3,6,10-16,23,27-28,32,36H,4-5,7-9,17-21H2,(H,37,38). The Morgan fingerprint density at radius 3 is 2.51 bits per heavy atom. The SMILES string of the molecule is O=C1COC(c2ccccc2)=NN1Cc1ccc(C(C2CCCC2)C(O)NCCC=CC2(C(=O)O)CC2)cc1. The van der Waals surface area contributed by atoms with Gasteiger partial charge in [-0.1, -0.05) is 67.5 Å². The summed E-state index contributed by atoms with van der Waals surface area (Å²) in [5.74, 6) is -0.140. The maximum absolute atomic E-state index is 12.5. The Morgan fingerprint density at radius 1 is 1.13 bits per heavy atom. The molecule has 2 aliphatic carbocycles. The number of hydrogen-bond acceptors (Lipinski definition) is 6. The van der Waals surface area contributed by atoms with Crippen LogP contribution in [0, 0.1) is 11.3 Å². The van der Waals surface area contributed by atoms with E-state index in [-0.39, 0.29) is 18.4 Å². The van der Waals surface area contributed by atoms with E-state index in [2.05, 4.69) is 22.6 Å². The van der Waals surface area contributed by atoms with Gasteiger partial charge in [0.2, 0.25) is 5.90 Å². The number of carbonyl (C=O) groups is 2. The zero-order valence-electron chi connectivity index (χ0n) is 22.2. The number of aliphatic hydroxyl groups is 1. The third kappa shape index (κ3) is 6.57. The highest BCUT2D eigenvalue weighted by molar-refractivity contribution is 5.97. The van der Waals surface area contributed by atoms with E-state index in [0.29, 0.717) is 44.2 Å². The molecule has 0 bridgehead atoms. The van der Waals surface area contributed by atoms with Crippen molar-refractivity contribution in [3.05, 3.63) is 83.4 Å². The summed E-state index contributed by atoms with van der Waals surface area (Å²) in [6.07, 6.45) is 9.63. The molecule has 2 atom stereocenters. The molecule has 3 aliphatic rings. The fourth-order valence-electron chi connectivity index (χ4n) is 5.63. The maximum Gasteiger partial charge on any atom is 0.313 e. The molecule has 5 rings (SSSR count). The monoisotopic (exact) mass is 531 g/mol. The molecule has 8 heteroatoms. The normalized spacial score (nSPS) is 20.5. The van der Waals surface area contributed by atoms with Crippen molar-refractivity contribution < 1.29 is 24.5 Å². The van der Waals surface area contributed by atoms with Gasteiger partial charge in [0.1, 0.15) is 6.23 Å². The lowest BCUT2D eigenvalue weighted by Crippen LogP contribution is -2.38. The molecule has 0 saturated heterocycles. The Hall–Kier alpha value is -3.49. The molecule has 0 spiro atoms. The third-order valence-electron chi connectivity index (χ3n) is 8.11. The number of ether oxygens (including phenoxy) is 1. The van der Waals surface area contributed by atoms with Gasteiger partial charge in [0, 0.05) is 18.0 Å². The smallest absolute Gasteiger partial charge is 0.313 e. The number of carboxylic acid groups (broad SMARTS) is 1. The molecule has 39 heavy (non-hydrogen) atoms. The van der Waals surface area contributed by atoms with Gasteiger partial charge >= 0.3 is 5.97 Å². The van der Waals surface area contributed by atoms with Crippen LogP contribution in [0.25, 0.3) is 0 Å². The highest BCUT2D eigenvalue weighted by atomic mass is 16.5. The van der Waals surface area contributed by atoms with Crippen LogP contribution >= 0.6 is 0 Å². The summed E-state index contributed by atoms with van der Waals surface area (Å²) >= 11 is 0. The van der Waals surface area contributed by atoms with Crippen LogP contribution in [0.3, 0.4) is 0 Å². The van der Waals surface area contributed by atoms with Crippen LogP contribution in [0.15, 0.2) is 71.9 Å². The molecule has 2 aromatic rings. The Kier molecular flexibility index (Phi) is 8.43. The summed E-state index contributed by atoms with van der Waals surface area (Å²) in [4.78, 5) is 23.8. The van der Waals surface area contributed by atoms with Gasteiger partial charge in [0.15, 0.2) is 6.61 Å². The lowest BCUT2D eigenvalue weighted by molar-refractivity contribution is -0.141. The van der Waals surface area contributed by atoms with E-state index < -0.39 is 17.6 Å². The molecule has 2 saturated carbocycles. The Morgan fingerprint density at radius 2 is 1.85 bits per heavy atom. The number of amides is 1. The highest BCUT2D eigenvalue weighted by Gasteiger charge is 2.47. The summed E-state index contributed by atoms with van der Waals surface area (Å²) in [7, 11) is 0. The van der Waals surface area contributed by atoms with Gasteiger partial charge in [-0.3, -0.25) is 14.9 Å². The van der Waals surface area contributed by atoms with E-state index in [1.54, 1.807) is 0 Å². The minimum Gasteiger partial charge on any atom is -0.481 e. The number of rotatable bonds is 12. The number of hydrazone groups is 1. The Bertz CT molecular complexity index is 1200. The van der Waals surface area contributed by atoms with Gasteiger partial charge in [-0.25, -0.2) is 5.01 Å². The molecule has 1 heterocycles. The fourth-order valence-corrected chi connectivity index (χ4v) is 5.63. The van der Waals surface area contributed by atoms with Gasteiger partial charge in [-0.2, -0.15) is 0 Å². The van der Waals surface area contributed by atoms with E-state index in [9.17, 15) is 19.8 Å². The quantitative estimate of drug-likeness (QED) is 0.213. The van der Waals surface area contributed by atoms with Crippen molar-refractivity contribution in [2.24, 2.45) is 16.4 Å². The molecule has 206 valence electrons. The Labute approximate surface area is 229 Å². The van der Waals surface area contributed by atoms with Gasteiger partial charge in [-0.15, -0.1) is 5.10 Å². The van der Waals surface area contributed by atoms with Gasteiger partial charge < -0.3 is 14.9 Å². The van der Waals surface area contributed by atoms with Crippen molar-refractivity contribution >= 4 is 17.8 Å². The molecule has 0 radical (unpaired) electrons. The van der Waals surface area contributed by atoms with Gasteiger partial charge in [0.25, 0.3) is 5.91 Å². The lowest BCUT2D eigenvalue weighted by Gasteiger charge is -2.30. The zero-order valence-corrected chi connectivity index (χ0v) is 22.2. The first-order valence-corrected chi connectivity index (χ1v) is 13.9. The topological polar surface area (TPSA) is 111 Å². The van der Waals surface area contributed by atoms with Gasteiger partial charge in [-0.05, 0) is 61.3 Å². The summed E-state index contributed by atoms with van der Waals surface area (Å²) in [6.45, 7) is 0.882. The maximum atomic E-state index is 12.5. The molecule has 8 nitrogen and oxygen atoms in total. The van der Waals surface area contributed by atoms with Crippen molar-refractivity contribution in [2.75, 3.05) is 13.2 Å². The summed E-state index contributed by atoms with van der Waals surface area (Å²) in [6, 6.07) is 17.7. The molecule has 1 amide bonds. The largest absolute Gasteiger partial charge is 0.481 e. The number of aliphatic carboxylic acids is 1. The number of nitrogens with one attached hydrogen (secondary N) is 1. The first kappa shape index (κ1) is 27.1. The minimum absolute atomic E-state index is 0.0351. The van der Waals surface area contributed by atoms with Crippen molar-refractivity contribution in [2.45, 2.75) is 63.6 Å². The number of carbonyl (C=O) groups excluding carboxylic acids is 1. The van der Waals surface area contributed by atoms with Crippen LogP contribution < -0.4 is 5.32 Å². The molecular weight excluding hydrogens is 494 g/mol. The predicted octanol–water partition coefficient (Wildman–Crippen LogP) is 4.40. The van der Waals surface area contributed by atoms with Crippen molar-refractivity contribution in [3.8, 4) is 0 Å². The third-order valence-corrected chi connectivity index (χ3v) is 8.11. The Balaban J connectivity index is 1.22. The van der Waals surface area contributed by atoms with Crippen LogP contribution in [0.2, 0.25) is 0 Å². The molecule has 3 N–H and O–H groups in total. The van der Waals surface area contributed by atoms with Gasteiger partial charge in [0.05, 0.1) is 12.0 Å². The fraction of sp³-hybridized carbons (Fsp3) is 0.452. The molecule has 1 aliphatic heterocycles. The van der Waals surface area contributed by atoms with Crippen molar-refractivity contribution in [1.29, 1.82) is 0 Å². The van der Waals surface area contributed by atoms with E-state index in [1.165, 1.54) is 17.9 Å². The predicted molar refractivity (Wildman–Crippen MR) is 148 cm³/mol. The zero-order chi connectivity index (χ0) is 27.2. The summed E-state index contributed by atoms with van der Waals surface area (Å²) in [5.41, 5.74) is 2.20. The van der Waals surface area contributed by atoms with Crippen LogP contribution in [0.5, 0.6) is 0 Å². The number of carboxylic acids is 1. The molecule has 2 fully saturated rings. The van der Waals surface area contributed by atoms with E-state index in [0.717, 1.165) is 29.5 Å². The first-order chi connectivity index (χ1) is 18.9. The molecule has 2 aromatic carbocycles. The van der Waals surface area contributed by atoms with Crippen molar-refractivity contribution in [1.82, 2.24) is 10.3 Å². The number of aliphatic hydroxyl groups excluding tert-OH is 1. The van der Waals surface area contributed by atoms with Crippen LogP contribution in [0.4, 0.5) is 0 Å². The summed E-state index contributed by atoms with van der Waals surface area (Å²) < 4.78 is 5.55. The molecular formula is C31H37N3O5. The van der Waals surface area contributed by atoms with Crippen LogP contribution in [-0.4, -0.2) is 52.4 Å². The second-order valence-electron chi connectivity index (χ2n) is 10.9. The average molecular weight is 532 g/mol. The average Bonchev–Trinajstić information content (AvgIpc) is 3.56. The minimum atomic E-state index is -0.752. The first-order valence-electron chi connectivity index (χ1n) is 13.9. The summed E-state index contributed by atoms with van der Waals surface area (Å²) in [5, 5.41) is 29.7. The van der Waals surface area contributed by atoms with Crippen LogP contribution in [-0.2, 0) is 20.9 Å².